The quantitative estimate of drug-likeness (QED) is 0.351. The molecule has 4 heteroatoms. The molecule has 32 heavy (non-hydrogen) atoms. The van der Waals surface area contributed by atoms with E-state index in [9.17, 15) is 9.59 Å². The van der Waals surface area contributed by atoms with Crippen molar-refractivity contribution in [2.75, 3.05) is 0 Å². The lowest BCUT2D eigenvalue weighted by Gasteiger charge is -2.18. The first-order valence-electron chi connectivity index (χ1n) is 11.0. The van der Waals surface area contributed by atoms with Gasteiger partial charge >= 0.3 is 0 Å². The number of hydrogen-bond acceptors (Lipinski definition) is 2. The average Bonchev–Trinajstić information content (AvgIpc) is 2.83. The Bertz CT molecular complexity index is 1530. The molecule has 4 aromatic carbocycles. The summed E-state index contributed by atoms with van der Waals surface area (Å²) < 4.78 is 0. The lowest BCUT2D eigenvalue weighted by atomic mass is 9.86. The standard InChI is InChI=1S/C18H16.C10H8N2O2/c1-3-7-15-13(5-1)9-11-18-16-8-4-2-6-14(16)10-12-17(15)18;11-10(14)7-1-3-8-6(5-7)2-4-9(13)12-8/h1,3,5,7,9-12H,2,4,6,8H2;1-5H,(H2,11,14)(H,12,13). The summed E-state index contributed by atoms with van der Waals surface area (Å²) in [7, 11) is 0. The van der Waals surface area contributed by atoms with Gasteiger partial charge in [0.05, 0.1) is 0 Å². The second kappa shape index (κ2) is 8.31. The third-order valence-corrected chi connectivity index (χ3v) is 6.27. The van der Waals surface area contributed by atoms with E-state index in [1.807, 2.05) is 0 Å². The van der Waals surface area contributed by atoms with Gasteiger partial charge in [-0.15, -0.1) is 0 Å². The molecule has 4 nitrogen and oxygen atoms in total. The molecular weight excluding hydrogens is 396 g/mol. The van der Waals surface area contributed by atoms with E-state index in [1.54, 1.807) is 35.4 Å². The number of nitrogens with two attached hydrogens (primary N) is 1. The van der Waals surface area contributed by atoms with Crippen molar-refractivity contribution in [3.05, 3.63) is 106 Å². The van der Waals surface area contributed by atoms with E-state index < -0.39 is 5.91 Å². The van der Waals surface area contributed by atoms with E-state index in [1.165, 1.54) is 53.3 Å². The van der Waals surface area contributed by atoms with Crippen molar-refractivity contribution in [1.29, 1.82) is 0 Å². The molecule has 0 unspecified atom stereocenters. The number of carbonyl (C=O) groups is 1. The highest BCUT2D eigenvalue weighted by molar-refractivity contribution is 6.08. The molecular formula is C28H24N2O2. The smallest absolute Gasteiger partial charge is 0.248 e. The Morgan fingerprint density at radius 1 is 0.750 bits per heavy atom. The first-order chi connectivity index (χ1) is 15.6. The maximum absolute atomic E-state index is 11.0. The minimum Gasteiger partial charge on any atom is -0.366 e. The van der Waals surface area contributed by atoms with Gasteiger partial charge in [-0.25, -0.2) is 0 Å². The summed E-state index contributed by atoms with van der Waals surface area (Å²) in [5.74, 6) is -0.474. The molecule has 3 N–H and O–H groups in total. The van der Waals surface area contributed by atoms with Gasteiger partial charge in [-0.3, -0.25) is 9.59 Å². The fourth-order valence-corrected chi connectivity index (χ4v) is 4.65. The molecule has 6 rings (SSSR count). The molecule has 1 heterocycles. The minimum absolute atomic E-state index is 0.163. The monoisotopic (exact) mass is 420 g/mol. The van der Waals surface area contributed by atoms with Crippen molar-refractivity contribution in [2.24, 2.45) is 5.73 Å². The molecule has 0 radical (unpaired) electrons. The molecule has 0 saturated heterocycles. The third kappa shape index (κ3) is 3.76. The molecule has 1 aliphatic rings. The largest absolute Gasteiger partial charge is 0.366 e. The number of aromatic amines is 1. The molecule has 1 amide bonds. The Labute approximate surface area is 185 Å². The van der Waals surface area contributed by atoms with E-state index in [0.29, 0.717) is 11.1 Å². The van der Waals surface area contributed by atoms with Gasteiger partial charge in [-0.05, 0) is 88.0 Å². The van der Waals surface area contributed by atoms with Crippen molar-refractivity contribution in [3.8, 4) is 0 Å². The Balaban J connectivity index is 0.000000140. The highest BCUT2D eigenvalue weighted by Gasteiger charge is 2.13. The number of benzene rings is 4. The van der Waals surface area contributed by atoms with Crippen molar-refractivity contribution in [1.82, 2.24) is 4.98 Å². The number of aromatic nitrogens is 1. The van der Waals surface area contributed by atoms with Crippen LogP contribution in [0.5, 0.6) is 0 Å². The van der Waals surface area contributed by atoms with Crippen LogP contribution in [0.2, 0.25) is 0 Å². The van der Waals surface area contributed by atoms with Crippen LogP contribution in [0.4, 0.5) is 0 Å². The van der Waals surface area contributed by atoms with Crippen molar-refractivity contribution < 1.29 is 4.79 Å². The van der Waals surface area contributed by atoms with Crippen LogP contribution < -0.4 is 11.3 Å². The molecule has 0 saturated carbocycles. The Kier molecular flexibility index (Phi) is 5.20. The van der Waals surface area contributed by atoms with Crippen LogP contribution in [-0.2, 0) is 12.8 Å². The normalized spacial score (nSPS) is 12.9. The number of pyridine rings is 1. The summed E-state index contributed by atoms with van der Waals surface area (Å²) in [6.45, 7) is 0. The maximum atomic E-state index is 11.0. The molecule has 0 aliphatic heterocycles. The molecule has 5 aromatic rings. The van der Waals surface area contributed by atoms with Crippen LogP contribution in [0.25, 0.3) is 32.4 Å². The topological polar surface area (TPSA) is 76.0 Å². The first-order valence-corrected chi connectivity index (χ1v) is 11.0. The third-order valence-electron chi connectivity index (χ3n) is 6.27. The number of nitrogens with one attached hydrogen (secondary N) is 1. The van der Waals surface area contributed by atoms with Gasteiger partial charge in [0.15, 0.2) is 0 Å². The predicted octanol–water partition coefficient (Wildman–Crippen LogP) is 5.50. The van der Waals surface area contributed by atoms with Crippen LogP contribution >= 0.6 is 0 Å². The second-order valence-electron chi connectivity index (χ2n) is 8.28. The number of amides is 1. The van der Waals surface area contributed by atoms with Crippen molar-refractivity contribution in [3.63, 3.8) is 0 Å². The van der Waals surface area contributed by atoms with Gasteiger partial charge in [-0.1, -0.05) is 48.5 Å². The van der Waals surface area contributed by atoms with Gasteiger partial charge in [0.2, 0.25) is 11.5 Å². The molecule has 1 aromatic heterocycles. The Hall–Kier alpha value is -3.92. The van der Waals surface area contributed by atoms with Gasteiger partial charge in [0.1, 0.15) is 0 Å². The van der Waals surface area contributed by atoms with E-state index in [4.69, 9.17) is 5.73 Å². The molecule has 0 bridgehead atoms. The minimum atomic E-state index is -0.474. The zero-order valence-electron chi connectivity index (χ0n) is 17.7. The molecule has 1 aliphatic carbocycles. The Morgan fingerprint density at radius 3 is 2.41 bits per heavy atom. The first kappa shape index (κ1) is 20.0. The summed E-state index contributed by atoms with van der Waals surface area (Å²) >= 11 is 0. The van der Waals surface area contributed by atoms with Crippen LogP contribution in [0, 0.1) is 0 Å². The zero-order chi connectivity index (χ0) is 22.1. The predicted molar refractivity (Wildman–Crippen MR) is 131 cm³/mol. The summed E-state index contributed by atoms with van der Waals surface area (Å²) in [4.78, 5) is 24.5. The zero-order valence-corrected chi connectivity index (χ0v) is 17.7. The summed E-state index contributed by atoms with van der Waals surface area (Å²) in [6, 6.07) is 25.9. The molecule has 0 fully saturated rings. The van der Waals surface area contributed by atoms with E-state index in [0.717, 1.165) is 5.39 Å². The summed E-state index contributed by atoms with van der Waals surface area (Å²) in [5, 5.41) is 6.43. The number of H-pyrrole nitrogens is 1. The van der Waals surface area contributed by atoms with Crippen LogP contribution in [0.1, 0.15) is 34.3 Å². The van der Waals surface area contributed by atoms with E-state index in [2.05, 4.69) is 53.5 Å². The van der Waals surface area contributed by atoms with Crippen LogP contribution in [0.3, 0.4) is 0 Å². The van der Waals surface area contributed by atoms with E-state index >= 15 is 0 Å². The van der Waals surface area contributed by atoms with E-state index in [-0.39, 0.29) is 5.56 Å². The number of fused-ring (bicyclic) bond motifs is 6. The number of aryl methyl sites for hydroxylation is 2. The van der Waals surface area contributed by atoms with Gasteiger partial charge in [-0.2, -0.15) is 0 Å². The highest BCUT2D eigenvalue weighted by atomic mass is 16.1. The summed E-state index contributed by atoms with van der Waals surface area (Å²) in [5.41, 5.74) is 9.27. The van der Waals surface area contributed by atoms with Crippen molar-refractivity contribution in [2.45, 2.75) is 25.7 Å². The number of rotatable bonds is 1. The number of hydrogen-bond donors (Lipinski definition) is 2. The Morgan fingerprint density at radius 2 is 1.53 bits per heavy atom. The molecule has 158 valence electrons. The van der Waals surface area contributed by atoms with Gasteiger partial charge in [0.25, 0.3) is 0 Å². The SMILES string of the molecule is NC(=O)c1ccc2[nH]c(=O)ccc2c1.c1ccc2c(c1)ccc1c3c(ccc12)CCCC3. The number of primary amides is 1. The fraction of sp³-hybridized carbons (Fsp3) is 0.143. The average molecular weight is 421 g/mol. The molecule has 0 spiro atoms. The van der Waals surface area contributed by atoms with Gasteiger partial charge in [0, 0.05) is 17.1 Å². The second-order valence-corrected chi connectivity index (χ2v) is 8.28. The summed E-state index contributed by atoms with van der Waals surface area (Å²) in [6.07, 6.45) is 5.22. The van der Waals surface area contributed by atoms with Crippen LogP contribution in [-0.4, -0.2) is 10.9 Å². The van der Waals surface area contributed by atoms with Crippen molar-refractivity contribution >= 4 is 38.4 Å². The lowest BCUT2D eigenvalue weighted by Crippen LogP contribution is -2.11. The van der Waals surface area contributed by atoms with Gasteiger partial charge < -0.3 is 10.7 Å². The fourth-order valence-electron chi connectivity index (χ4n) is 4.65. The maximum Gasteiger partial charge on any atom is 0.248 e. The van der Waals surface area contributed by atoms with Crippen LogP contribution in [0.15, 0.2) is 83.7 Å². The highest BCUT2D eigenvalue weighted by Crippen LogP contribution is 2.33. The lowest BCUT2D eigenvalue weighted by molar-refractivity contribution is 0.100. The molecule has 0 atom stereocenters. The number of carbonyl (C=O) groups excluding carboxylic acids is 1.